The van der Waals surface area contributed by atoms with Gasteiger partial charge < -0.3 is 4.52 Å². The molecule has 23 heavy (non-hydrogen) atoms. The number of fused-ring (bicyclic) bond motifs is 1. The molecule has 7 heteroatoms. The molecule has 0 saturated heterocycles. The van der Waals surface area contributed by atoms with Crippen molar-refractivity contribution in [2.24, 2.45) is 0 Å². The van der Waals surface area contributed by atoms with Gasteiger partial charge in [-0.2, -0.15) is 16.3 Å². The van der Waals surface area contributed by atoms with Gasteiger partial charge in [-0.05, 0) is 44.7 Å². The summed E-state index contributed by atoms with van der Waals surface area (Å²) in [4.78, 5) is 12.9. The zero-order valence-corrected chi connectivity index (χ0v) is 14.8. The van der Waals surface area contributed by atoms with Crippen molar-refractivity contribution in [3.05, 3.63) is 38.2 Å². The third-order valence-corrected chi connectivity index (χ3v) is 5.98. The van der Waals surface area contributed by atoms with E-state index in [1.807, 2.05) is 28.2 Å². The second-order valence-electron chi connectivity index (χ2n) is 5.89. The molecule has 0 spiro atoms. The lowest BCUT2D eigenvalue weighted by atomic mass is 9.97. The number of nitrogens with zero attached hydrogens (tertiary/aromatic N) is 4. The van der Waals surface area contributed by atoms with Crippen LogP contribution < -0.4 is 0 Å². The van der Waals surface area contributed by atoms with Gasteiger partial charge in [-0.15, -0.1) is 11.3 Å². The Hall–Kier alpha value is -1.57. The minimum atomic E-state index is 0.410. The van der Waals surface area contributed by atoms with E-state index in [4.69, 9.17) is 4.52 Å². The Morgan fingerprint density at radius 1 is 1.39 bits per heavy atom. The maximum Gasteiger partial charge on any atom is 0.258 e. The van der Waals surface area contributed by atoms with Crippen molar-refractivity contribution in [2.75, 3.05) is 7.05 Å². The van der Waals surface area contributed by atoms with Gasteiger partial charge in [-0.3, -0.25) is 4.90 Å². The van der Waals surface area contributed by atoms with Crippen LogP contribution >= 0.6 is 22.7 Å². The maximum absolute atomic E-state index is 5.38. The quantitative estimate of drug-likeness (QED) is 0.713. The van der Waals surface area contributed by atoms with Gasteiger partial charge in [0.15, 0.2) is 5.82 Å². The smallest absolute Gasteiger partial charge is 0.258 e. The number of aryl methyl sites for hydroxylation is 2. The van der Waals surface area contributed by atoms with E-state index in [9.17, 15) is 0 Å². The molecule has 1 atom stereocenters. The molecule has 0 aromatic carbocycles. The van der Waals surface area contributed by atoms with E-state index < -0.39 is 0 Å². The van der Waals surface area contributed by atoms with Gasteiger partial charge in [0.1, 0.15) is 0 Å². The first-order chi connectivity index (χ1) is 11.2. The van der Waals surface area contributed by atoms with Crippen molar-refractivity contribution >= 4 is 22.7 Å². The summed E-state index contributed by atoms with van der Waals surface area (Å²) >= 11 is 3.46. The van der Waals surface area contributed by atoms with Crippen molar-refractivity contribution in [3.63, 3.8) is 0 Å². The van der Waals surface area contributed by atoms with Gasteiger partial charge in [-0.25, -0.2) is 4.98 Å². The van der Waals surface area contributed by atoms with Crippen LogP contribution in [0.15, 0.2) is 21.3 Å². The van der Waals surface area contributed by atoms with Crippen LogP contribution in [0, 0.1) is 6.92 Å². The summed E-state index contributed by atoms with van der Waals surface area (Å²) < 4.78 is 5.38. The average Bonchev–Trinajstić information content (AvgIpc) is 3.25. The third kappa shape index (κ3) is 2.96. The Morgan fingerprint density at radius 3 is 3.13 bits per heavy atom. The molecule has 0 saturated carbocycles. The first-order valence-corrected chi connectivity index (χ1v) is 9.48. The predicted molar refractivity (Wildman–Crippen MR) is 91.6 cm³/mol. The highest BCUT2D eigenvalue weighted by atomic mass is 32.1. The Bertz CT molecular complexity index is 793. The lowest BCUT2D eigenvalue weighted by Gasteiger charge is -2.29. The number of rotatable bonds is 4. The van der Waals surface area contributed by atoms with Crippen LogP contribution in [0.4, 0.5) is 0 Å². The minimum Gasteiger partial charge on any atom is -0.334 e. The number of hydrogen-bond donors (Lipinski definition) is 0. The zero-order valence-electron chi connectivity index (χ0n) is 13.2. The summed E-state index contributed by atoms with van der Waals surface area (Å²) in [5.41, 5.74) is 2.28. The van der Waals surface area contributed by atoms with Gasteiger partial charge in [-0.1, -0.05) is 5.16 Å². The fraction of sp³-hybridized carbons (Fsp3) is 0.438. The molecular formula is C16H18N4OS2. The summed E-state index contributed by atoms with van der Waals surface area (Å²) in [6.45, 7) is 2.78. The van der Waals surface area contributed by atoms with Crippen LogP contribution in [0.5, 0.6) is 0 Å². The molecule has 0 radical (unpaired) electrons. The van der Waals surface area contributed by atoms with Crippen LogP contribution in [-0.2, 0) is 13.0 Å². The number of hydrogen-bond acceptors (Lipinski definition) is 7. The molecule has 3 aromatic rings. The summed E-state index contributed by atoms with van der Waals surface area (Å²) in [6.07, 6.45) is 3.46. The van der Waals surface area contributed by atoms with Crippen molar-refractivity contribution in [3.8, 4) is 11.5 Å². The molecule has 1 aliphatic rings. The van der Waals surface area contributed by atoms with E-state index in [0.717, 1.165) is 22.8 Å². The monoisotopic (exact) mass is 346 g/mol. The van der Waals surface area contributed by atoms with Gasteiger partial charge >= 0.3 is 0 Å². The third-order valence-electron chi connectivity index (χ3n) is 4.19. The molecule has 0 amide bonds. The van der Waals surface area contributed by atoms with Gasteiger partial charge in [0.2, 0.25) is 0 Å². The topological polar surface area (TPSA) is 55.1 Å². The predicted octanol–water partition coefficient (Wildman–Crippen LogP) is 4.07. The second kappa shape index (κ2) is 6.14. The normalized spacial score (nSPS) is 17.6. The van der Waals surface area contributed by atoms with E-state index in [1.54, 1.807) is 11.3 Å². The van der Waals surface area contributed by atoms with Crippen LogP contribution in [0.2, 0.25) is 0 Å². The van der Waals surface area contributed by atoms with Gasteiger partial charge in [0, 0.05) is 16.3 Å². The number of aromatic nitrogens is 3. The highest BCUT2D eigenvalue weighted by Crippen LogP contribution is 2.37. The van der Waals surface area contributed by atoms with Crippen LogP contribution in [0.25, 0.3) is 11.5 Å². The maximum atomic E-state index is 5.38. The van der Waals surface area contributed by atoms with Crippen LogP contribution in [0.1, 0.15) is 40.3 Å². The molecule has 4 rings (SSSR count). The van der Waals surface area contributed by atoms with Crippen molar-refractivity contribution in [1.29, 1.82) is 0 Å². The number of thiophene rings is 1. The molecule has 0 N–H and O–H groups in total. The summed E-state index contributed by atoms with van der Waals surface area (Å²) in [5, 5.41) is 9.33. The molecule has 0 fully saturated rings. The van der Waals surface area contributed by atoms with E-state index in [-0.39, 0.29) is 0 Å². The van der Waals surface area contributed by atoms with Crippen molar-refractivity contribution < 1.29 is 4.52 Å². The van der Waals surface area contributed by atoms with Gasteiger partial charge in [0.25, 0.3) is 5.89 Å². The van der Waals surface area contributed by atoms with E-state index in [1.165, 1.54) is 23.4 Å². The first kappa shape index (κ1) is 15.0. The van der Waals surface area contributed by atoms with E-state index >= 15 is 0 Å². The number of thiazole rings is 1. The lowest BCUT2D eigenvalue weighted by Crippen LogP contribution is -2.27. The molecule has 1 unspecified atom stereocenters. The first-order valence-electron chi connectivity index (χ1n) is 7.72. The molecule has 0 bridgehead atoms. The van der Waals surface area contributed by atoms with Crippen LogP contribution in [0.3, 0.4) is 0 Å². The molecule has 3 aromatic heterocycles. The van der Waals surface area contributed by atoms with Crippen LogP contribution in [-0.4, -0.2) is 27.1 Å². The standard InChI is InChI=1S/C16H18N4OS2/c1-10-17-12-4-3-5-13(15(12)23-10)20(2)8-14-18-16(21-19-14)11-6-7-22-9-11/h6-7,9,13H,3-5,8H2,1-2H3. The Morgan fingerprint density at radius 2 is 2.30 bits per heavy atom. The average molecular weight is 346 g/mol. The summed E-state index contributed by atoms with van der Waals surface area (Å²) in [6, 6.07) is 2.41. The van der Waals surface area contributed by atoms with E-state index in [0.29, 0.717) is 18.5 Å². The molecule has 0 aliphatic heterocycles. The Balaban J connectivity index is 1.51. The molecule has 120 valence electrons. The molecule has 3 heterocycles. The summed E-state index contributed by atoms with van der Waals surface area (Å²) in [7, 11) is 2.13. The highest BCUT2D eigenvalue weighted by molar-refractivity contribution is 7.11. The Labute approximate surface area is 143 Å². The van der Waals surface area contributed by atoms with Crippen molar-refractivity contribution in [2.45, 2.75) is 38.8 Å². The fourth-order valence-corrected chi connectivity index (χ4v) is 4.90. The Kier molecular flexibility index (Phi) is 4.00. The van der Waals surface area contributed by atoms with Gasteiger partial charge in [0.05, 0.1) is 22.8 Å². The minimum absolute atomic E-state index is 0.410. The zero-order chi connectivity index (χ0) is 15.8. The SMILES string of the molecule is Cc1nc2c(s1)C(N(C)Cc1noc(-c3ccsc3)n1)CCC2. The molecule has 1 aliphatic carbocycles. The highest BCUT2D eigenvalue weighted by Gasteiger charge is 2.27. The molecular weight excluding hydrogens is 328 g/mol. The largest absolute Gasteiger partial charge is 0.334 e. The summed E-state index contributed by atoms with van der Waals surface area (Å²) in [5.74, 6) is 1.34. The lowest BCUT2D eigenvalue weighted by molar-refractivity contribution is 0.209. The second-order valence-corrected chi connectivity index (χ2v) is 7.91. The fourth-order valence-electron chi connectivity index (χ4n) is 3.09. The van der Waals surface area contributed by atoms with Crippen molar-refractivity contribution in [1.82, 2.24) is 20.0 Å². The molecule has 5 nitrogen and oxygen atoms in total. The van der Waals surface area contributed by atoms with E-state index in [2.05, 4.69) is 34.0 Å².